The molecule has 0 radical (unpaired) electrons. The summed E-state index contributed by atoms with van der Waals surface area (Å²) < 4.78 is 17.7. The summed E-state index contributed by atoms with van der Waals surface area (Å²) in [4.78, 5) is 12.1. The van der Waals surface area contributed by atoms with Crippen molar-refractivity contribution in [3.63, 3.8) is 0 Å². The maximum atomic E-state index is 12.1. The molecule has 0 fully saturated rings. The summed E-state index contributed by atoms with van der Waals surface area (Å²) in [6.07, 6.45) is 1.54. The standard InChI is InChI=1S/C25H25BrN2O4/c1-17-11-18(2)25(21(26)12-17)32-16-24(29)28-27-14-20-9-10-22(23(13-20)30-3)31-15-19-7-5-4-6-8-19/h4-14H,15-16H2,1-3H3,(H,28,29)/b27-14-. The number of hydrogen-bond donors (Lipinski definition) is 1. The smallest absolute Gasteiger partial charge is 0.277 e. The van der Waals surface area contributed by atoms with Gasteiger partial charge in [0.1, 0.15) is 12.4 Å². The number of benzene rings is 3. The molecule has 0 saturated heterocycles. The maximum absolute atomic E-state index is 12.1. The highest BCUT2D eigenvalue weighted by Gasteiger charge is 2.09. The van der Waals surface area contributed by atoms with E-state index in [4.69, 9.17) is 14.2 Å². The zero-order valence-corrected chi connectivity index (χ0v) is 19.8. The zero-order valence-electron chi connectivity index (χ0n) is 18.2. The Hall–Kier alpha value is -3.32. The van der Waals surface area contributed by atoms with Crippen LogP contribution in [0.5, 0.6) is 17.2 Å². The molecule has 1 N–H and O–H groups in total. The van der Waals surface area contributed by atoms with Crippen LogP contribution in [-0.2, 0) is 11.4 Å². The Bertz CT molecular complexity index is 1080. The van der Waals surface area contributed by atoms with E-state index in [2.05, 4.69) is 26.5 Å². The summed E-state index contributed by atoms with van der Waals surface area (Å²) in [6.45, 7) is 4.23. The minimum atomic E-state index is -0.358. The van der Waals surface area contributed by atoms with Gasteiger partial charge in [-0.15, -0.1) is 0 Å². The van der Waals surface area contributed by atoms with Crippen LogP contribution in [0.3, 0.4) is 0 Å². The van der Waals surface area contributed by atoms with Crippen LogP contribution < -0.4 is 19.6 Å². The van der Waals surface area contributed by atoms with Gasteiger partial charge in [-0.25, -0.2) is 5.43 Å². The SMILES string of the molecule is COc1cc(/C=N\NC(=O)COc2c(C)cc(C)cc2Br)ccc1OCc1ccccc1. The van der Waals surface area contributed by atoms with Crippen molar-refractivity contribution in [1.29, 1.82) is 0 Å². The van der Waals surface area contributed by atoms with E-state index in [0.29, 0.717) is 23.9 Å². The van der Waals surface area contributed by atoms with Crippen molar-refractivity contribution in [1.82, 2.24) is 5.43 Å². The minimum Gasteiger partial charge on any atom is -0.493 e. The van der Waals surface area contributed by atoms with Crippen LogP contribution in [0.2, 0.25) is 0 Å². The first-order chi connectivity index (χ1) is 15.5. The van der Waals surface area contributed by atoms with E-state index < -0.39 is 0 Å². The van der Waals surface area contributed by atoms with Crippen molar-refractivity contribution in [3.05, 3.63) is 87.4 Å². The van der Waals surface area contributed by atoms with Crippen LogP contribution in [0.1, 0.15) is 22.3 Å². The number of ether oxygens (including phenoxy) is 3. The quantitative estimate of drug-likeness (QED) is 0.327. The van der Waals surface area contributed by atoms with E-state index in [1.165, 1.54) is 6.21 Å². The molecule has 32 heavy (non-hydrogen) atoms. The Balaban J connectivity index is 1.54. The van der Waals surface area contributed by atoms with Crippen molar-refractivity contribution in [2.45, 2.75) is 20.5 Å². The molecular weight excluding hydrogens is 472 g/mol. The Morgan fingerprint density at radius 1 is 1.03 bits per heavy atom. The van der Waals surface area contributed by atoms with Gasteiger partial charge in [-0.2, -0.15) is 5.10 Å². The van der Waals surface area contributed by atoms with Gasteiger partial charge in [0, 0.05) is 0 Å². The Morgan fingerprint density at radius 2 is 1.81 bits per heavy atom. The van der Waals surface area contributed by atoms with Gasteiger partial charge >= 0.3 is 0 Å². The average Bonchev–Trinajstić information content (AvgIpc) is 2.78. The fourth-order valence-corrected chi connectivity index (χ4v) is 3.84. The topological polar surface area (TPSA) is 69.2 Å². The van der Waals surface area contributed by atoms with Gasteiger partial charge in [-0.05, 0) is 76.3 Å². The molecule has 3 aromatic rings. The van der Waals surface area contributed by atoms with Crippen LogP contribution in [0.4, 0.5) is 0 Å². The Kier molecular flexibility index (Phi) is 8.27. The van der Waals surface area contributed by atoms with Crippen molar-refractivity contribution in [3.8, 4) is 17.2 Å². The molecule has 0 saturated carbocycles. The number of aryl methyl sites for hydroxylation is 2. The van der Waals surface area contributed by atoms with E-state index in [9.17, 15) is 4.79 Å². The molecule has 3 rings (SSSR count). The summed E-state index contributed by atoms with van der Waals surface area (Å²) in [7, 11) is 1.58. The lowest BCUT2D eigenvalue weighted by Crippen LogP contribution is -2.24. The predicted octanol–water partition coefficient (Wildman–Crippen LogP) is 5.18. The van der Waals surface area contributed by atoms with Crippen molar-refractivity contribution < 1.29 is 19.0 Å². The van der Waals surface area contributed by atoms with Gasteiger partial charge in [-0.1, -0.05) is 36.4 Å². The summed E-state index contributed by atoms with van der Waals surface area (Å²) in [5.41, 5.74) is 6.36. The highest BCUT2D eigenvalue weighted by Crippen LogP contribution is 2.30. The molecule has 7 heteroatoms. The summed E-state index contributed by atoms with van der Waals surface area (Å²) in [6, 6.07) is 19.3. The first-order valence-corrected chi connectivity index (χ1v) is 10.8. The Labute approximate surface area is 196 Å². The first kappa shape index (κ1) is 23.3. The number of halogens is 1. The monoisotopic (exact) mass is 496 g/mol. The fourth-order valence-electron chi connectivity index (χ4n) is 3.05. The van der Waals surface area contributed by atoms with Crippen LogP contribution in [0.25, 0.3) is 0 Å². The van der Waals surface area contributed by atoms with Crippen molar-refractivity contribution in [2.75, 3.05) is 13.7 Å². The number of carbonyl (C=O) groups is 1. The molecule has 0 aromatic heterocycles. The van der Waals surface area contributed by atoms with Crippen LogP contribution >= 0.6 is 15.9 Å². The van der Waals surface area contributed by atoms with Crippen LogP contribution in [0.15, 0.2) is 70.2 Å². The van der Waals surface area contributed by atoms with Gasteiger partial charge in [0.05, 0.1) is 17.8 Å². The van der Waals surface area contributed by atoms with Crippen molar-refractivity contribution in [2.24, 2.45) is 5.10 Å². The summed E-state index contributed by atoms with van der Waals surface area (Å²) >= 11 is 3.47. The number of nitrogens with zero attached hydrogens (tertiary/aromatic N) is 1. The predicted molar refractivity (Wildman–Crippen MR) is 129 cm³/mol. The molecule has 0 atom stereocenters. The Morgan fingerprint density at radius 3 is 2.53 bits per heavy atom. The second-order valence-electron chi connectivity index (χ2n) is 7.16. The normalized spacial score (nSPS) is 10.8. The third-order valence-corrected chi connectivity index (χ3v) is 5.14. The lowest BCUT2D eigenvalue weighted by Gasteiger charge is -2.12. The summed E-state index contributed by atoms with van der Waals surface area (Å²) in [5.74, 6) is 1.50. The van der Waals surface area contributed by atoms with Crippen LogP contribution in [-0.4, -0.2) is 25.8 Å². The molecular formula is C25H25BrN2O4. The summed E-state index contributed by atoms with van der Waals surface area (Å²) in [5, 5.41) is 4.00. The van der Waals surface area contributed by atoms with Gasteiger partial charge in [0.25, 0.3) is 5.91 Å². The number of nitrogens with one attached hydrogen (secondary N) is 1. The molecule has 0 aliphatic rings. The second-order valence-corrected chi connectivity index (χ2v) is 8.01. The maximum Gasteiger partial charge on any atom is 0.277 e. The molecule has 166 valence electrons. The lowest BCUT2D eigenvalue weighted by atomic mass is 10.1. The number of hydrogen-bond acceptors (Lipinski definition) is 5. The molecule has 0 bridgehead atoms. The third-order valence-electron chi connectivity index (χ3n) is 4.55. The largest absolute Gasteiger partial charge is 0.493 e. The third kappa shape index (κ3) is 6.59. The molecule has 0 spiro atoms. The van der Waals surface area contributed by atoms with Gasteiger partial charge in [0.15, 0.2) is 18.1 Å². The molecule has 3 aromatic carbocycles. The average molecular weight is 497 g/mol. The number of hydrazone groups is 1. The van der Waals surface area contributed by atoms with Gasteiger partial charge in [0.2, 0.25) is 0 Å². The molecule has 0 heterocycles. The van der Waals surface area contributed by atoms with E-state index >= 15 is 0 Å². The number of amides is 1. The highest BCUT2D eigenvalue weighted by molar-refractivity contribution is 9.10. The first-order valence-electron chi connectivity index (χ1n) is 10.0. The van der Waals surface area contributed by atoms with Gasteiger partial charge < -0.3 is 14.2 Å². The van der Waals surface area contributed by atoms with E-state index in [1.807, 2.05) is 68.4 Å². The highest BCUT2D eigenvalue weighted by atomic mass is 79.9. The number of carbonyl (C=O) groups excluding carboxylic acids is 1. The number of rotatable bonds is 9. The van der Waals surface area contributed by atoms with Crippen molar-refractivity contribution >= 4 is 28.1 Å². The van der Waals surface area contributed by atoms with E-state index in [-0.39, 0.29) is 12.5 Å². The number of methoxy groups -OCH3 is 1. The molecule has 1 amide bonds. The lowest BCUT2D eigenvalue weighted by molar-refractivity contribution is -0.123. The van der Waals surface area contributed by atoms with E-state index in [0.717, 1.165) is 26.7 Å². The minimum absolute atomic E-state index is 0.143. The molecule has 0 unspecified atom stereocenters. The molecule has 0 aliphatic carbocycles. The fraction of sp³-hybridized carbons (Fsp3) is 0.200. The zero-order chi connectivity index (χ0) is 22.9. The second kappa shape index (κ2) is 11.3. The molecule has 6 nitrogen and oxygen atoms in total. The van der Waals surface area contributed by atoms with Crippen LogP contribution in [0, 0.1) is 13.8 Å². The molecule has 0 aliphatic heterocycles. The van der Waals surface area contributed by atoms with Gasteiger partial charge in [-0.3, -0.25) is 4.79 Å². The van der Waals surface area contributed by atoms with E-state index in [1.54, 1.807) is 13.2 Å².